The Bertz CT molecular complexity index is 301. The molecule has 4 heteroatoms. The number of aromatic nitrogens is 1. The third-order valence-electron chi connectivity index (χ3n) is 2.10. The van der Waals surface area contributed by atoms with E-state index < -0.39 is 0 Å². The van der Waals surface area contributed by atoms with Crippen molar-refractivity contribution >= 4 is 21.7 Å². The molecule has 0 radical (unpaired) electrons. The Morgan fingerprint density at radius 3 is 2.79 bits per heavy atom. The van der Waals surface area contributed by atoms with Crippen LogP contribution >= 0.6 is 15.9 Å². The number of pyridine rings is 1. The molecule has 78 valence electrons. The average Bonchev–Trinajstić information content (AvgIpc) is 2.19. The van der Waals surface area contributed by atoms with Crippen LogP contribution in [0.5, 0.6) is 0 Å². The zero-order chi connectivity index (χ0) is 10.6. The smallest absolute Gasteiger partial charge is 0.126 e. The van der Waals surface area contributed by atoms with Crippen molar-refractivity contribution in [2.45, 2.75) is 19.9 Å². The van der Waals surface area contributed by atoms with Gasteiger partial charge in [0, 0.05) is 17.1 Å². The molecule has 1 aromatic heterocycles. The van der Waals surface area contributed by atoms with E-state index in [-0.39, 0.29) is 0 Å². The molecule has 1 rings (SSSR count). The van der Waals surface area contributed by atoms with Gasteiger partial charge in [0.05, 0.1) is 5.69 Å². The van der Waals surface area contributed by atoms with Gasteiger partial charge in [-0.2, -0.15) is 0 Å². The number of halogens is 1. The van der Waals surface area contributed by atoms with Gasteiger partial charge in [-0.25, -0.2) is 4.98 Å². The molecule has 0 aliphatic carbocycles. The van der Waals surface area contributed by atoms with E-state index in [1.807, 2.05) is 26.1 Å². The highest BCUT2D eigenvalue weighted by Gasteiger charge is 2.00. The summed E-state index contributed by atoms with van der Waals surface area (Å²) < 4.78 is 1.05. The third-order valence-corrected chi connectivity index (χ3v) is 2.94. The van der Waals surface area contributed by atoms with E-state index >= 15 is 0 Å². The van der Waals surface area contributed by atoms with Crippen LogP contribution in [-0.2, 0) is 0 Å². The van der Waals surface area contributed by atoms with Gasteiger partial charge in [-0.15, -0.1) is 0 Å². The van der Waals surface area contributed by atoms with Crippen LogP contribution in [-0.4, -0.2) is 24.6 Å². The van der Waals surface area contributed by atoms with E-state index in [1.165, 1.54) is 0 Å². The summed E-state index contributed by atoms with van der Waals surface area (Å²) in [4.78, 5) is 4.39. The highest BCUT2D eigenvalue weighted by molar-refractivity contribution is 9.10. The van der Waals surface area contributed by atoms with Crippen molar-refractivity contribution in [3.63, 3.8) is 0 Å². The van der Waals surface area contributed by atoms with E-state index in [0.29, 0.717) is 6.04 Å². The van der Waals surface area contributed by atoms with Gasteiger partial charge in [-0.3, -0.25) is 0 Å². The van der Waals surface area contributed by atoms with Crippen LogP contribution in [0.2, 0.25) is 0 Å². The molecule has 1 atom stereocenters. The van der Waals surface area contributed by atoms with Crippen LogP contribution in [0.15, 0.2) is 16.6 Å². The fourth-order valence-corrected chi connectivity index (χ4v) is 1.22. The summed E-state index contributed by atoms with van der Waals surface area (Å²) in [5.74, 6) is 0.924. The Kier molecular flexibility index (Phi) is 4.35. The van der Waals surface area contributed by atoms with E-state index in [1.54, 1.807) is 0 Å². The van der Waals surface area contributed by atoms with Crippen molar-refractivity contribution < 1.29 is 0 Å². The molecule has 14 heavy (non-hydrogen) atoms. The predicted molar refractivity (Wildman–Crippen MR) is 63.7 cm³/mol. The number of nitrogens with one attached hydrogen (secondary N) is 2. The van der Waals surface area contributed by atoms with Crippen LogP contribution in [0.3, 0.4) is 0 Å². The molecule has 0 aromatic carbocycles. The van der Waals surface area contributed by atoms with E-state index in [0.717, 1.165) is 22.5 Å². The predicted octanol–water partition coefficient (Wildman–Crippen LogP) is 2.17. The van der Waals surface area contributed by atoms with E-state index in [2.05, 4.69) is 38.5 Å². The Morgan fingerprint density at radius 2 is 2.21 bits per heavy atom. The molecule has 0 bridgehead atoms. The summed E-state index contributed by atoms with van der Waals surface area (Å²) in [6, 6.07) is 4.43. The number of aryl methyl sites for hydroxylation is 1. The second-order valence-corrected chi connectivity index (χ2v) is 4.19. The molecule has 0 fully saturated rings. The van der Waals surface area contributed by atoms with Crippen molar-refractivity contribution in [1.82, 2.24) is 10.3 Å². The van der Waals surface area contributed by atoms with Gasteiger partial charge in [0.15, 0.2) is 0 Å². The molecule has 0 amide bonds. The largest absolute Gasteiger partial charge is 0.369 e. The van der Waals surface area contributed by atoms with Crippen LogP contribution in [0, 0.1) is 6.92 Å². The SMILES string of the molecule is CNC(C)CNc1ccc(Br)c(C)n1. The molecule has 0 saturated heterocycles. The van der Waals surface area contributed by atoms with Gasteiger partial charge in [0.2, 0.25) is 0 Å². The van der Waals surface area contributed by atoms with Crippen LogP contribution in [0.1, 0.15) is 12.6 Å². The zero-order valence-corrected chi connectivity index (χ0v) is 10.4. The van der Waals surface area contributed by atoms with Crippen LogP contribution < -0.4 is 10.6 Å². The lowest BCUT2D eigenvalue weighted by Crippen LogP contribution is -2.29. The van der Waals surface area contributed by atoms with Gasteiger partial charge in [-0.05, 0) is 49.0 Å². The van der Waals surface area contributed by atoms with Gasteiger partial charge in [0.25, 0.3) is 0 Å². The fraction of sp³-hybridized carbons (Fsp3) is 0.500. The Hall–Kier alpha value is -0.610. The molecule has 1 unspecified atom stereocenters. The topological polar surface area (TPSA) is 37.0 Å². The maximum Gasteiger partial charge on any atom is 0.126 e. The molecule has 1 heterocycles. The van der Waals surface area contributed by atoms with Gasteiger partial charge in [-0.1, -0.05) is 0 Å². The summed E-state index contributed by atoms with van der Waals surface area (Å²) in [6.45, 7) is 4.99. The monoisotopic (exact) mass is 257 g/mol. The lowest BCUT2D eigenvalue weighted by Gasteiger charge is -2.12. The van der Waals surface area contributed by atoms with Crippen molar-refractivity contribution in [3.05, 3.63) is 22.3 Å². The van der Waals surface area contributed by atoms with Crippen LogP contribution in [0.4, 0.5) is 5.82 Å². The number of nitrogens with zero attached hydrogens (tertiary/aromatic N) is 1. The summed E-state index contributed by atoms with van der Waals surface area (Å²) in [7, 11) is 1.95. The van der Waals surface area contributed by atoms with Crippen molar-refractivity contribution in [2.75, 3.05) is 18.9 Å². The van der Waals surface area contributed by atoms with Gasteiger partial charge in [0.1, 0.15) is 5.82 Å². The highest BCUT2D eigenvalue weighted by Crippen LogP contribution is 2.15. The first kappa shape index (κ1) is 11.5. The standard InChI is InChI=1S/C10H16BrN3/c1-7(12-3)6-13-10-5-4-9(11)8(2)14-10/h4-5,7,12H,6H2,1-3H3,(H,13,14). The van der Waals surface area contributed by atoms with Crippen molar-refractivity contribution in [1.29, 1.82) is 0 Å². The quantitative estimate of drug-likeness (QED) is 0.869. The van der Waals surface area contributed by atoms with E-state index in [9.17, 15) is 0 Å². The summed E-state index contributed by atoms with van der Waals surface area (Å²) in [5.41, 5.74) is 1.01. The number of likely N-dealkylation sites (N-methyl/N-ethyl adjacent to an activating group) is 1. The molecular weight excluding hydrogens is 242 g/mol. The minimum Gasteiger partial charge on any atom is -0.369 e. The lowest BCUT2D eigenvalue weighted by molar-refractivity contribution is 0.637. The zero-order valence-electron chi connectivity index (χ0n) is 8.76. The highest BCUT2D eigenvalue weighted by atomic mass is 79.9. The fourth-order valence-electron chi connectivity index (χ4n) is 1.00. The molecular formula is C10H16BrN3. The normalized spacial score (nSPS) is 12.6. The number of hydrogen-bond acceptors (Lipinski definition) is 3. The molecule has 0 aliphatic rings. The molecule has 3 nitrogen and oxygen atoms in total. The summed E-state index contributed by atoms with van der Waals surface area (Å²) in [6.07, 6.45) is 0. The first-order valence-electron chi connectivity index (χ1n) is 4.67. The minimum atomic E-state index is 0.445. The second-order valence-electron chi connectivity index (χ2n) is 3.33. The number of anilines is 1. The molecule has 2 N–H and O–H groups in total. The average molecular weight is 258 g/mol. The minimum absolute atomic E-state index is 0.445. The molecule has 1 aromatic rings. The number of rotatable bonds is 4. The third kappa shape index (κ3) is 3.27. The Labute approximate surface area is 93.4 Å². The maximum absolute atomic E-state index is 4.39. The molecule has 0 saturated carbocycles. The molecule has 0 aliphatic heterocycles. The van der Waals surface area contributed by atoms with Gasteiger partial charge < -0.3 is 10.6 Å². The lowest BCUT2D eigenvalue weighted by atomic mass is 10.3. The first-order chi connectivity index (χ1) is 6.63. The Balaban J connectivity index is 2.55. The Morgan fingerprint density at radius 1 is 1.50 bits per heavy atom. The molecule has 0 spiro atoms. The summed E-state index contributed by atoms with van der Waals surface area (Å²) >= 11 is 3.42. The maximum atomic E-state index is 4.39. The van der Waals surface area contributed by atoms with Crippen LogP contribution in [0.25, 0.3) is 0 Å². The van der Waals surface area contributed by atoms with Gasteiger partial charge >= 0.3 is 0 Å². The number of hydrogen-bond donors (Lipinski definition) is 2. The summed E-state index contributed by atoms with van der Waals surface area (Å²) in [5, 5.41) is 6.43. The van der Waals surface area contributed by atoms with Crippen molar-refractivity contribution in [3.8, 4) is 0 Å². The van der Waals surface area contributed by atoms with E-state index in [4.69, 9.17) is 0 Å². The van der Waals surface area contributed by atoms with Crippen molar-refractivity contribution in [2.24, 2.45) is 0 Å². The first-order valence-corrected chi connectivity index (χ1v) is 5.47. The second kappa shape index (κ2) is 5.32.